The summed E-state index contributed by atoms with van der Waals surface area (Å²) in [5, 5.41) is 1.21. The maximum Gasteiger partial charge on any atom is 0.238 e. The largest absolute Gasteiger partial charge is 0.354 e. The third-order valence-electron chi connectivity index (χ3n) is 4.10. The van der Waals surface area contributed by atoms with Gasteiger partial charge in [-0.1, -0.05) is 38.1 Å². The molecule has 0 bridgehead atoms. The van der Waals surface area contributed by atoms with Crippen molar-refractivity contribution < 1.29 is 13.2 Å². The van der Waals surface area contributed by atoms with Gasteiger partial charge in [-0.3, -0.25) is 4.79 Å². The molecule has 1 atom stereocenters. The van der Waals surface area contributed by atoms with Crippen molar-refractivity contribution in [2.45, 2.75) is 57.5 Å². The molecule has 0 saturated carbocycles. The SMILES string of the molecule is Cc1ccccc1C(C)(C)CNC(=O)C(C)S(=O)(=O)C(C)C. The highest BCUT2D eigenvalue weighted by Crippen LogP contribution is 2.25. The molecule has 1 aromatic rings. The van der Waals surface area contributed by atoms with Crippen LogP contribution in [0.4, 0.5) is 0 Å². The van der Waals surface area contributed by atoms with Crippen molar-refractivity contribution in [3.05, 3.63) is 35.4 Å². The minimum absolute atomic E-state index is 0.262. The average Bonchev–Trinajstić information content (AvgIpc) is 2.44. The van der Waals surface area contributed by atoms with E-state index >= 15 is 0 Å². The summed E-state index contributed by atoms with van der Waals surface area (Å²) in [4.78, 5) is 12.2. The first-order valence-corrected chi connectivity index (χ1v) is 9.17. The van der Waals surface area contributed by atoms with Gasteiger partial charge in [-0.25, -0.2) is 8.42 Å². The van der Waals surface area contributed by atoms with Gasteiger partial charge in [-0.2, -0.15) is 0 Å². The highest BCUT2D eigenvalue weighted by atomic mass is 32.2. The molecular formula is C17H27NO3S. The monoisotopic (exact) mass is 325 g/mol. The fourth-order valence-electron chi connectivity index (χ4n) is 2.44. The van der Waals surface area contributed by atoms with Crippen LogP contribution in [-0.4, -0.2) is 31.4 Å². The molecule has 0 aliphatic carbocycles. The van der Waals surface area contributed by atoms with Crippen LogP contribution in [0.1, 0.15) is 45.7 Å². The van der Waals surface area contributed by atoms with Gasteiger partial charge in [0.1, 0.15) is 5.25 Å². The second-order valence-corrected chi connectivity index (χ2v) is 9.52. The van der Waals surface area contributed by atoms with Gasteiger partial charge >= 0.3 is 0 Å². The van der Waals surface area contributed by atoms with Gasteiger partial charge in [-0.05, 0) is 38.8 Å². The lowest BCUT2D eigenvalue weighted by Gasteiger charge is -2.28. The van der Waals surface area contributed by atoms with E-state index in [1.807, 2.05) is 45.0 Å². The third-order valence-corrected chi connectivity index (χ3v) is 6.61. The van der Waals surface area contributed by atoms with Crippen LogP contribution in [0.15, 0.2) is 24.3 Å². The molecule has 0 heterocycles. The van der Waals surface area contributed by atoms with Crippen LogP contribution in [0.2, 0.25) is 0 Å². The smallest absolute Gasteiger partial charge is 0.238 e. The normalized spacial score (nSPS) is 14.0. The highest BCUT2D eigenvalue weighted by Gasteiger charge is 2.32. The molecule has 0 spiro atoms. The zero-order valence-electron chi connectivity index (χ0n) is 14.3. The zero-order chi connectivity index (χ0) is 17.1. The van der Waals surface area contributed by atoms with E-state index in [-0.39, 0.29) is 5.41 Å². The van der Waals surface area contributed by atoms with E-state index in [9.17, 15) is 13.2 Å². The average molecular weight is 325 g/mol. The minimum atomic E-state index is -3.43. The van der Waals surface area contributed by atoms with E-state index in [0.717, 1.165) is 11.1 Å². The topological polar surface area (TPSA) is 63.2 Å². The summed E-state index contributed by atoms with van der Waals surface area (Å²) in [6, 6.07) is 8.02. The first-order valence-electron chi connectivity index (χ1n) is 7.56. The molecular weight excluding hydrogens is 298 g/mol. The Labute approximate surface area is 134 Å². The predicted molar refractivity (Wildman–Crippen MR) is 90.7 cm³/mol. The molecule has 22 heavy (non-hydrogen) atoms. The molecule has 1 aromatic carbocycles. The summed E-state index contributed by atoms with van der Waals surface area (Å²) in [6.07, 6.45) is 0. The third kappa shape index (κ3) is 4.09. The van der Waals surface area contributed by atoms with Gasteiger partial charge in [0.2, 0.25) is 5.91 Å². The molecule has 0 saturated heterocycles. The van der Waals surface area contributed by atoms with Crippen LogP contribution in [0.5, 0.6) is 0 Å². The second-order valence-electron chi connectivity index (χ2n) is 6.70. The van der Waals surface area contributed by atoms with Crippen molar-refractivity contribution in [2.75, 3.05) is 6.54 Å². The van der Waals surface area contributed by atoms with Crippen LogP contribution < -0.4 is 5.32 Å². The number of rotatable bonds is 6. The number of carbonyl (C=O) groups is 1. The lowest BCUT2D eigenvalue weighted by Crippen LogP contribution is -2.45. The number of carbonyl (C=O) groups excluding carboxylic acids is 1. The van der Waals surface area contributed by atoms with Gasteiger partial charge < -0.3 is 5.32 Å². The number of amides is 1. The van der Waals surface area contributed by atoms with Crippen molar-refractivity contribution in [1.29, 1.82) is 0 Å². The van der Waals surface area contributed by atoms with Crippen LogP contribution >= 0.6 is 0 Å². The van der Waals surface area contributed by atoms with Crippen LogP contribution in [0.3, 0.4) is 0 Å². The molecule has 1 amide bonds. The Hall–Kier alpha value is -1.36. The van der Waals surface area contributed by atoms with Gasteiger partial charge in [0.25, 0.3) is 0 Å². The van der Waals surface area contributed by atoms with Crippen molar-refractivity contribution in [3.8, 4) is 0 Å². The standard InChI is InChI=1S/C17H27NO3S/c1-12(2)22(20,21)14(4)16(19)18-11-17(5,6)15-10-8-7-9-13(15)3/h7-10,12,14H,11H2,1-6H3,(H,18,19). The van der Waals surface area contributed by atoms with Gasteiger partial charge in [0.15, 0.2) is 9.84 Å². The molecule has 0 fully saturated rings. The van der Waals surface area contributed by atoms with Crippen molar-refractivity contribution in [3.63, 3.8) is 0 Å². The number of nitrogens with one attached hydrogen (secondary N) is 1. The molecule has 4 nitrogen and oxygen atoms in total. The quantitative estimate of drug-likeness (QED) is 0.874. The molecule has 5 heteroatoms. The fraction of sp³-hybridized carbons (Fsp3) is 0.588. The number of benzene rings is 1. The van der Waals surface area contributed by atoms with Crippen LogP contribution in [0.25, 0.3) is 0 Å². The molecule has 1 unspecified atom stereocenters. The molecule has 124 valence electrons. The lowest BCUT2D eigenvalue weighted by atomic mass is 9.82. The minimum Gasteiger partial charge on any atom is -0.354 e. The molecule has 0 radical (unpaired) electrons. The molecule has 1 rings (SSSR count). The van der Waals surface area contributed by atoms with E-state index in [2.05, 4.69) is 5.32 Å². The Bertz CT molecular complexity index is 633. The van der Waals surface area contributed by atoms with Gasteiger partial charge in [0.05, 0.1) is 5.25 Å². The first-order chi connectivity index (χ1) is 10.00. The first kappa shape index (κ1) is 18.7. The van der Waals surface area contributed by atoms with E-state index in [1.54, 1.807) is 13.8 Å². The Morgan fingerprint density at radius 1 is 1.18 bits per heavy atom. The number of hydrogen-bond acceptors (Lipinski definition) is 3. The van der Waals surface area contributed by atoms with E-state index in [1.165, 1.54) is 6.92 Å². The Morgan fingerprint density at radius 3 is 2.23 bits per heavy atom. The summed E-state index contributed by atoms with van der Waals surface area (Å²) in [5.41, 5.74) is 2.04. The number of aryl methyl sites for hydroxylation is 1. The summed E-state index contributed by atoms with van der Waals surface area (Å²) in [7, 11) is -3.43. The van der Waals surface area contributed by atoms with E-state index in [4.69, 9.17) is 0 Å². The second kappa shape index (κ2) is 6.82. The van der Waals surface area contributed by atoms with Crippen LogP contribution in [-0.2, 0) is 20.0 Å². The maximum atomic E-state index is 12.2. The summed E-state index contributed by atoms with van der Waals surface area (Å²) in [5.74, 6) is -0.435. The van der Waals surface area contributed by atoms with Gasteiger partial charge in [0, 0.05) is 12.0 Å². The Morgan fingerprint density at radius 2 is 1.73 bits per heavy atom. The molecule has 0 aliphatic heterocycles. The van der Waals surface area contributed by atoms with Crippen molar-refractivity contribution in [1.82, 2.24) is 5.32 Å². The summed E-state index contributed by atoms with van der Waals surface area (Å²) < 4.78 is 24.1. The highest BCUT2D eigenvalue weighted by molar-refractivity contribution is 7.93. The molecule has 0 aliphatic rings. The van der Waals surface area contributed by atoms with Gasteiger partial charge in [-0.15, -0.1) is 0 Å². The molecule has 0 aromatic heterocycles. The van der Waals surface area contributed by atoms with E-state index < -0.39 is 26.2 Å². The summed E-state index contributed by atoms with van der Waals surface area (Å²) in [6.45, 7) is 11.1. The van der Waals surface area contributed by atoms with Crippen molar-refractivity contribution in [2.24, 2.45) is 0 Å². The molecule has 1 N–H and O–H groups in total. The Balaban J connectivity index is 2.81. The number of sulfone groups is 1. The number of hydrogen-bond donors (Lipinski definition) is 1. The Kier molecular flexibility index (Phi) is 5.79. The van der Waals surface area contributed by atoms with Crippen molar-refractivity contribution >= 4 is 15.7 Å². The summed E-state index contributed by atoms with van der Waals surface area (Å²) >= 11 is 0. The van der Waals surface area contributed by atoms with E-state index in [0.29, 0.717) is 6.54 Å². The fourth-order valence-corrected chi connectivity index (χ4v) is 3.63. The maximum absolute atomic E-state index is 12.2. The zero-order valence-corrected chi connectivity index (χ0v) is 15.1. The predicted octanol–water partition coefficient (Wildman–Crippen LogP) is 2.60. The lowest BCUT2D eigenvalue weighted by molar-refractivity contribution is -0.120. The van der Waals surface area contributed by atoms with Crippen LogP contribution in [0, 0.1) is 6.92 Å².